The first-order valence-corrected chi connectivity index (χ1v) is 4.80. The molecule has 11 heavy (non-hydrogen) atoms. The fraction of sp³-hybridized carbons (Fsp3) is 0.857. The first-order chi connectivity index (χ1) is 5.21. The molecule has 1 aliphatic heterocycles. The van der Waals surface area contributed by atoms with Crippen LogP contribution in [-0.4, -0.2) is 35.3 Å². The zero-order chi connectivity index (χ0) is 8.32. The third-order valence-electron chi connectivity index (χ3n) is 1.99. The molecule has 0 aromatic carbocycles. The summed E-state index contributed by atoms with van der Waals surface area (Å²) in [6, 6.07) is 0. The molecular weight excluding hydrogens is 164 g/mol. The Kier molecular flexibility index (Phi) is 2.78. The van der Waals surface area contributed by atoms with Crippen molar-refractivity contribution in [3.63, 3.8) is 0 Å². The Morgan fingerprint density at radius 3 is 2.73 bits per heavy atom. The van der Waals surface area contributed by atoms with Gasteiger partial charge in [-0.05, 0) is 19.1 Å². The van der Waals surface area contributed by atoms with Crippen LogP contribution in [0.2, 0.25) is 0 Å². The average Bonchev–Trinajstić information content (AvgIpc) is 2.05. The fourth-order valence-electron chi connectivity index (χ4n) is 1.19. The van der Waals surface area contributed by atoms with Crippen molar-refractivity contribution in [1.82, 2.24) is 0 Å². The fourth-order valence-corrected chi connectivity index (χ4v) is 1.91. The Morgan fingerprint density at radius 1 is 1.73 bits per heavy atom. The van der Waals surface area contributed by atoms with E-state index in [4.69, 9.17) is 9.84 Å². The molecule has 1 N–H and O–H groups in total. The SMILES string of the molecule is CSC1(C(=O)O)CCCOC1. The third-order valence-corrected chi connectivity index (χ3v) is 3.26. The number of hydrogen-bond acceptors (Lipinski definition) is 3. The van der Waals surface area contributed by atoms with Gasteiger partial charge in [-0.3, -0.25) is 4.79 Å². The Morgan fingerprint density at radius 2 is 2.45 bits per heavy atom. The summed E-state index contributed by atoms with van der Waals surface area (Å²) in [5.74, 6) is -0.746. The molecular formula is C7H12O3S. The van der Waals surface area contributed by atoms with Crippen LogP contribution in [0.3, 0.4) is 0 Å². The standard InChI is InChI=1S/C7H12O3S/c1-11-7(6(8)9)3-2-4-10-5-7/h2-5H2,1H3,(H,8,9). The minimum Gasteiger partial charge on any atom is -0.480 e. The van der Waals surface area contributed by atoms with Crippen LogP contribution in [-0.2, 0) is 9.53 Å². The van der Waals surface area contributed by atoms with E-state index in [0.717, 1.165) is 12.8 Å². The van der Waals surface area contributed by atoms with Gasteiger partial charge in [-0.25, -0.2) is 0 Å². The predicted molar refractivity (Wildman–Crippen MR) is 43.9 cm³/mol. The first kappa shape index (κ1) is 8.87. The molecule has 1 saturated heterocycles. The second kappa shape index (κ2) is 3.45. The number of hydrogen-bond donors (Lipinski definition) is 1. The molecule has 1 heterocycles. The second-order valence-electron chi connectivity index (χ2n) is 2.66. The molecule has 0 aromatic rings. The number of carboxylic acids is 1. The third kappa shape index (κ3) is 1.68. The van der Waals surface area contributed by atoms with Gasteiger partial charge in [0, 0.05) is 6.61 Å². The highest BCUT2D eigenvalue weighted by Gasteiger charge is 2.39. The zero-order valence-electron chi connectivity index (χ0n) is 6.50. The molecule has 0 saturated carbocycles. The summed E-state index contributed by atoms with van der Waals surface area (Å²) in [5.41, 5.74) is 0. The highest BCUT2D eigenvalue weighted by Crippen LogP contribution is 2.31. The normalized spacial score (nSPS) is 31.7. The van der Waals surface area contributed by atoms with E-state index >= 15 is 0 Å². The first-order valence-electron chi connectivity index (χ1n) is 3.57. The molecule has 1 aliphatic rings. The van der Waals surface area contributed by atoms with E-state index in [0.29, 0.717) is 13.2 Å². The predicted octanol–water partition coefficient (Wildman–Crippen LogP) is 0.983. The summed E-state index contributed by atoms with van der Waals surface area (Å²) in [4.78, 5) is 10.8. The van der Waals surface area contributed by atoms with Crippen molar-refractivity contribution in [2.75, 3.05) is 19.5 Å². The maximum atomic E-state index is 10.8. The average molecular weight is 176 g/mol. The minimum absolute atomic E-state index is 0.351. The molecule has 64 valence electrons. The van der Waals surface area contributed by atoms with Gasteiger partial charge >= 0.3 is 5.97 Å². The molecule has 0 spiro atoms. The quantitative estimate of drug-likeness (QED) is 0.681. The summed E-state index contributed by atoms with van der Waals surface area (Å²) in [6.07, 6.45) is 3.40. The van der Waals surface area contributed by atoms with Gasteiger partial charge in [0.05, 0.1) is 6.61 Å². The van der Waals surface area contributed by atoms with Gasteiger partial charge in [0.15, 0.2) is 0 Å². The highest BCUT2D eigenvalue weighted by molar-refractivity contribution is 8.00. The van der Waals surface area contributed by atoms with Crippen LogP contribution in [0, 0.1) is 0 Å². The van der Waals surface area contributed by atoms with Gasteiger partial charge in [-0.2, -0.15) is 0 Å². The molecule has 1 unspecified atom stereocenters. The van der Waals surface area contributed by atoms with E-state index in [1.54, 1.807) is 0 Å². The number of carboxylic acid groups (broad SMARTS) is 1. The molecule has 0 radical (unpaired) electrons. The van der Waals surface area contributed by atoms with Crippen LogP contribution in [0.5, 0.6) is 0 Å². The van der Waals surface area contributed by atoms with E-state index < -0.39 is 10.7 Å². The molecule has 0 aliphatic carbocycles. The van der Waals surface area contributed by atoms with Gasteiger partial charge in [-0.15, -0.1) is 11.8 Å². The van der Waals surface area contributed by atoms with Gasteiger partial charge in [-0.1, -0.05) is 0 Å². The van der Waals surface area contributed by atoms with E-state index in [1.807, 2.05) is 6.26 Å². The Hall–Kier alpha value is -0.220. The van der Waals surface area contributed by atoms with Crippen LogP contribution < -0.4 is 0 Å². The summed E-state index contributed by atoms with van der Waals surface area (Å²) in [7, 11) is 0. The molecule has 1 atom stereocenters. The van der Waals surface area contributed by atoms with Crippen molar-refractivity contribution in [2.45, 2.75) is 17.6 Å². The monoisotopic (exact) mass is 176 g/mol. The lowest BCUT2D eigenvalue weighted by Crippen LogP contribution is -2.42. The molecule has 0 amide bonds. The summed E-state index contributed by atoms with van der Waals surface area (Å²) >= 11 is 1.38. The zero-order valence-corrected chi connectivity index (χ0v) is 7.32. The Balaban J connectivity index is 2.64. The number of ether oxygens (including phenoxy) is 1. The van der Waals surface area contributed by atoms with Gasteiger partial charge < -0.3 is 9.84 Å². The summed E-state index contributed by atoms with van der Waals surface area (Å²) < 4.78 is 4.47. The lowest BCUT2D eigenvalue weighted by atomic mass is 10.0. The maximum Gasteiger partial charge on any atom is 0.322 e. The topological polar surface area (TPSA) is 46.5 Å². The molecule has 1 rings (SSSR count). The van der Waals surface area contributed by atoms with E-state index in [9.17, 15) is 4.79 Å². The number of rotatable bonds is 2. The van der Waals surface area contributed by atoms with Crippen LogP contribution in [0.1, 0.15) is 12.8 Å². The second-order valence-corrected chi connectivity index (χ2v) is 3.85. The van der Waals surface area contributed by atoms with E-state index in [-0.39, 0.29) is 0 Å². The molecule has 0 bridgehead atoms. The van der Waals surface area contributed by atoms with Crippen LogP contribution >= 0.6 is 11.8 Å². The number of aliphatic carboxylic acids is 1. The van der Waals surface area contributed by atoms with Gasteiger partial charge in [0.1, 0.15) is 4.75 Å². The van der Waals surface area contributed by atoms with Crippen molar-refractivity contribution in [2.24, 2.45) is 0 Å². The summed E-state index contributed by atoms with van der Waals surface area (Å²) in [5, 5.41) is 8.89. The lowest BCUT2D eigenvalue weighted by molar-refractivity contribution is -0.143. The van der Waals surface area contributed by atoms with Gasteiger partial charge in [0.25, 0.3) is 0 Å². The van der Waals surface area contributed by atoms with Crippen molar-refractivity contribution in [1.29, 1.82) is 0 Å². The molecule has 3 nitrogen and oxygen atoms in total. The van der Waals surface area contributed by atoms with E-state index in [1.165, 1.54) is 11.8 Å². The van der Waals surface area contributed by atoms with Crippen molar-refractivity contribution in [3.05, 3.63) is 0 Å². The Bertz CT molecular complexity index is 152. The minimum atomic E-state index is -0.746. The lowest BCUT2D eigenvalue weighted by Gasteiger charge is -2.30. The largest absolute Gasteiger partial charge is 0.480 e. The molecule has 1 fully saturated rings. The van der Waals surface area contributed by atoms with Crippen LogP contribution in [0.25, 0.3) is 0 Å². The van der Waals surface area contributed by atoms with E-state index in [2.05, 4.69) is 0 Å². The highest BCUT2D eigenvalue weighted by atomic mass is 32.2. The summed E-state index contributed by atoms with van der Waals surface area (Å²) in [6.45, 7) is 1.05. The van der Waals surface area contributed by atoms with Crippen LogP contribution in [0.4, 0.5) is 0 Å². The van der Waals surface area contributed by atoms with Crippen molar-refractivity contribution in [3.8, 4) is 0 Å². The molecule has 4 heteroatoms. The number of carbonyl (C=O) groups is 1. The van der Waals surface area contributed by atoms with Crippen LogP contribution in [0.15, 0.2) is 0 Å². The molecule has 0 aromatic heterocycles. The van der Waals surface area contributed by atoms with Gasteiger partial charge in [0.2, 0.25) is 0 Å². The smallest absolute Gasteiger partial charge is 0.322 e. The van der Waals surface area contributed by atoms with Crippen molar-refractivity contribution >= 4 is 17.7 Å². The maximum absolute atomic E-state index is 10.8. The number of thioether (sulfide) groups is 1. The Labute approximate surface area is 70.1 Å². The van der Waals surface area contributed by atoms with Crippen molar-refractivity contribution < 1.29 is 14.6 Å².